The second kappa shape index (κ2) is 16.7. The van der Waals surface area contributed by atoms with E-state index in [9.17, 15) is 36.3 Å². The van der Waals surface area contributed by atoms with Gasteiger partial charge in [-0.2, -0.15) is 13.2 Å². The number of carbonyl (C=O) groups is 4. The van der Waals surface area contributed by atoms with Gasteiger partial charge < -0.3 is 30.0 Å². The predicted molar refractivity (Wildman–Crippen MR) is 160 cm³/mol. The Morgan fingerprint density at radius 1 is 1.04 bits per heavy atom. The van der Waals surface area contributed by atoms with Crippen molar-refractivity contribution in [2.45, 2.75) is 78.3 Å². The Labute approximate surface area is 272 Å². The summed E-state index contributed by atoms with van der Waals surface area (Å²) in [5, 5.41) is 12.5. The number of imidazole rings is 1. The number of hydrogen-bond donors (Lipinski definition) is 3. The fraction of sp³-hybridized carbons (Fsp3) is 0.452. The molecule has 0 aliphatic heterocycles. The number of benzene rings is 1. The van der Waals surface area contributed by atoms with Gasteiger partial charge in [0, 0.05) is 12.7 Å². The molecule has 0 aliphatic carbocycles. The van der Waals surface area contributed by atoms with E-state index >= 15 is 0 Å². The number of amides is 2. The van der Waals surface area contributed by atoms with Gasteiger partial charge in [-0.15, -0.1) is 0 Å². The number of carboxylic acid groups (broad SMARTS) is 1. The smallest absolute Gasteiger partial charge is 0.485 e. The Morgan fingerprint density at radius 2 is 1.65 bits per heavy atom. The molecule has 2 aromatic heterocycles. The number of aryl methyl sites for hydroxylation is 2. The number of nitrogens with zero attached hydrogens (tertiary/aromatic N) is 2. The average molecular weight is 689 g/mol. The SMILES string of the molecule is COC(=O)[C@H](CCCCNC(=O)c1c(C)nc2c(OCc3c(F)cccc3F)cc(C)cn12)NC(=O)OC(C)(C)C.O=C(O)C(F)(F)F. The lowest BCUT2D eigenvalue weighted by molar-refractivity contribution is -0.192. The van der Waals surface area contributed by atoms with E-state index in [1.807, 2.05) is 0 Å². The maximum absolute atomic E-state index is 14.1. The highest BCUT2D eigenvalue weighted by atomic mass is 19.4. The zero-order chi connectivity index (χ0) is 36.4. The van der Waals surface area contributed by atoms with Crippen molar-refractivity contribution < 1.29 is 60.4 Å². The number of hydrogen-bond acceptors (Lipinski definition) is 8. The molecule has 0 radical (unpaired) electrons. The number of unbranched alkanes of at least 4 members (excludes halogenated alkanes) is 1. The molecule has 0 bridgehead atoms. The topological polar surface area (TPSA) is 158 Å². The van der Waals surface area contributed by atoms with Crippen LogP contribution in [0.2, 0.25) is 0 Å². The van der Waals surface area contributed by atoms with Crippen LogP contribution in [0.25, 0.3) is 5.65 Å². The lowest BCUT2D eigenvalue weighted by atomic mass is 10.1. The van der Waals surface area contributed by atoms with Crippen LogP contribution in [-0.2, 0) is 25.7 Å². The Bertz CT molecular complexity index is 1600. The molecule has 0 aliphatic rings. The number of methoxy groups -OCH3 is 1. The van der Waals surface area contributed by atoms with E-state index in [1.165, 1.54) is 13.2 Å². The summed E-state index contributed by atoms with van der Waals surface area (Å²) in [4.78, 5) is 50.6. The summed E-state index contributed by atoms with van der Waals surface area (Å²) in [5.74, 6) is -4.87. The number of aromatic nitrogens is 2. The van der Waals surface area contributed by atoms with E-state index in [4.69, 9.17) is 24.1 Å². The third kappa shape index (κ3) is 11.7. The number of halogens is 5. The summed E-state index contributed by atoms with van der Waals surface area (Å²) in [6, 6.07) is 4.39. The molecule has 0 saturated carbocycles. The van der Waals surface area contributed by atoms with Gasteiger partial charge in [-0.3, -0.25) is 9.20 Å². The van der Waals surface area contributed by atoms with Gasteiger partial charge in [-0.05, 0) is 77.6 Å². The van der Waals surface area contributed by atoms with Crippen molar-refractivity contribution in [1.29, 1.82) is 0 Å². The summed E-state index contributed by atoms with van der Waals surface area (Å²) < 4.78 is 77.2. The molecular formula is C31H37F5N4O8. The zero-order valence-corrected chi connectivity index (χ0v) is 27.1. The first kappa shape index (κ1) is 39.2. The molecule has 3 rings (SSSR count). The number of fused-ring (bicyclic) bond motifs is 1. The van der Waals surface area contributed by atoms with Crippen molar-refractivity contribution in [1.82, 2.24) is 20.0 Å². The molecule has 1 atom stereocenters. The van der Waals surface area contributed by atoms with Crippen LogP contribution in [0.5, 0.6) is 5.75 Å². The molecule has 0 unspecified atom stereocenters. The number of nitrogens with one attached hydrogen (secondary N) is 2. The molecule has 0 spiro atoms. The fourth-order valence-corrected chi connectivity index (χ4v) is 4.16. The van der Waals surface area contributed by atoms with Gasteiger partial charge in [0.25, 0.3) is 5.91 Å². The zero-order valence-electron chi connectivity index (χ0n) is 27.1. The van der Waals surface area contributed by atoms with Crippen LogP contribution in [0.3, 0.4) is 0 Å². The second-order valence-corrected chi connectivity index (χ2v) is 11.4. The predicted octanol–water partition coefficient (Wildman–Crippen LogP) is 5.41. The van der Waals surface area contributed by atoms with Gasteiger partial charge in [-0.25, -0.2) is 28.1 Å². The maximum Gasteiger partial charge on any atom is 0.490 e. The Kier molecular flexibility index (Phi) is 13.7. The van der Waals surface area contributed by atoms with Gasteiger partial charge in [0.1, 0.15) is 35.6 Å². The second-order valence-electron chi connectivity index (χ2n) is 11.4. The lowest BCUT2D eigenvalue weighted by Gasteiger charge is -2.22. The summed E-state index contributed by atoms with van der Waals surface area (Å²) >= 11 is 0. The first-order valence-corrected chi connectivity index (χ1v) is 14.5. The molecule has 17 heteroatoms. The highest BCUT2D eigenvalue weighted by Crippen LogP contribution is 2.26. The maximum atomic E-state index is 14.1. The minimum Gasteiger partial charge on any atom is -0.485 e. The minimum absolute atomic E-state index is 0.205. The number of esters is 1. The molecule has 1 aromatic carbocycles. The van der Waals surface area contributed by atoms with Crippen molar-refractivity contribution in [3.05, 3.63) is 64.6 Å². The lowest BCUT2D eigenvalue weighted by Crippen LogP contribution is -2.44. The van der Waals surface area contributed by atoms with Crippen molar-refractivity contribution in [3.8, 4) is 5.75 Å². The third-order valence-corrected chi connectivity index (χ3v) is 6.27. The molecule has 2 amide bonds. The highest BCUT2D eigenvalue weighted by molar-refractivity contribution is 5.95. The van der Waals surface area contributed by atoms with E-state index in [2.05, 4.69) is 15.6 Å². The van der Waals surface area contributed by atoms with E-state index in [0.29, 0.717) is 42.8 Å². The number of carboxylic acids is 1. The number of ether oxygens (including phenoxy) is 3. The number of rotatable bonds is 11. The van der Waals surface area contributed by atoms with Crippen LogP contribution in [0.15, 0.2) is 30.5 Å². The van der Waals surface area contributed by atoms with Crippen LogP contribution < -0.4 is 15.4 Å². The number of alkyl halides is 3. The summed E-state index contributed by atoms with van der Waals surface area (Å²) in [6.07, 6.45) is -2.76. The quantitative estimate of drug-likeness (QED) is 0.136. The van der Waals surface area contributed by atoms with E-state index in [-0.39, 0.29) is 23.8 Å². The first-order valence-electron chi connectivity index (χ1n) is 14.5. The number of pyridine rings is 1. The van der Waals surface area contributed by atoms with Crippen LogP contribution >= 0.6 is 0 Å². The Hall–Kier alpha value is -4.96. The van der Waals surface area contributed by atoms with E-state index < -0.39 is 47.5 Å². The van der Waals surface area contributed by atoms with Crippen molar-refractivity contribution in [2.24, 2.45) is 0 Å². The summed E-state index contributed by atoms with van der Waals surface area (Å²) in [7, 11) is 1.24. The Morgan fingerprint density at radius 3 is 2.19 bits per heavy atom. The fourth-order valence-electron chi connectivity index (χ4n) is 4.16. The number of carbonyl (C=O) groups excluding carboxylic acids is 3. The minimum atomic E-state index is -5.08. The molecule has 0 saturated heterocycles. The molecule has 2 heterocycles. The molecule has 0 fully saturated rings. The molecule has 3 N–H and O–H groups in total. The molecule has 48 heavy (non-hydrogen) atoms. The van der Waals surface area contributed by atoms with Crippen molar-refractivity contribution in [3.63, 3.8) is 0 Å². The normalized spacial score (nSPS) is 12.0. The monoisotopic (exact) mass is 688 g/mol. The van der Waals surface area contributed by atoms with E-state index in [0.717, 1.165) is 17.7 Å². The van der Waals surface area contributed by atoms with Crippen LogP contribution in [-0.4, -0.2) is 69.9 Å². The third-order valence-electron chi connectivity index (χ3n) is 6.27. The molecule has 3 aromatic rings. The first-order chi connectivity index (χ1) is 22.2. The number of alkyl carbamates (subject to hydrolysis) is 1. The average Bonchev–Trinajstić information content (AvgIpc) is 3.29. The van der Waals surface area contributed by atoms with E-state index in [1.54, 1.807) is 51.3 Å². The largest absolute Gasteiger partial charge is 0.490 e. The highest BCUT2D eigenvalue weighted by Gasteiger charge is 2.38. The van der Waals surface area contributed by atoms with Gasteiger partial charge >= 0.3 is 24.2 Å². The van der Waals surface area contributed by atoms with Gasteiger partial charge in [0.15, 0.2) is 11.4 Å². The number of aliphatic carboxylic acids is 1. The molecular weight excluding hydrogens is 651 g/mol. The van der Waals surface area contributed by atoms with Crippen LogP contribution in [0.1, 0.15) is 67.3 Å². The van der Waals surface area contributed by atoms with Crippen LogP contribution in [0, 0.1) is 25.5 Å². The van der Waals surface area contributed by atoms with Gasteiger partial charge in [0.05, 0.1) is 18.4 Å². The van der Waals surface area contributed by atoms with Crippen LogP contribution in [0.4, 0.5) is 26.7 Å². The Balaban J connectivity index is 0.00000103. The standard InChI is InChI=1S/C29H36F2N4O6.C2HF3O2/c1-17-14-23(40-16-19-20(30)10-9-11-21(19)31)25-33-18(2)24(35(25)15-17)26(36)32-13-8-7-12-22(27(37)39-6)34-28(38)41-29(3,4)5;3-2(4,5)1(6)7/h9-11,14-15,22H,7-8,12-13,16H2,1-6H3,(H,32,36)(H,34,38);(H,6,7)/t22-;/m0./s1. The van der Waals surface area contributed by atoms with Gasteiger partial charge in [0.2, 0.25) is 0 Å². The van der Waals surface area contributed by atoms with Gasteiger partial charge in [-0.1, -0.05) is 6.07 Å². The van der Waals surface area contributed by atoms with Crippen molar-refractivity contribution in [2.75, 3.05) is 13.7 Å². The summed E-state index contributed by atoms with van der Waals surface area (Å²) in [5.41, 5.74) is 0.910. The van der Waals surface area contributed by atoms with Crippen molar-refractivity contribution >= 4 is 29.6 Å². The molecule has 264 valence electrons. The molecule has 12 nitrogen and oxygen atoms in total. The summed E-state index contributed by atoms with van der Waals surface area (Å²) in [6.45, 7) is 8.59.